The average Bonchev–Trinajstić information content (AvgIpc) is 3.94. The Hall–Kier alpha value is -6.84. The van der Waals surface area contributed by atoms with Crippen molar-refractivity contribution in [1.29, 1.82) is 0 Å². The Kier molecular flexibility index (Phi) is 5.56. The molecule has 3 aromatic heterocycles. The van der Waals surface area contributed by atoms with Crippen molar-refractivity contribution in [3.8, 4) is 33.6 Å². The molecule has 242 valence electrons. The molecule has 0 aliphatic heterocycles. The molecule has 12 rings (SSSR count). The molecule has 3 heteroatoms. The lowest BCUT2D eigenvalue weighted by atomic mass is 9.97. The molecule has 0 atom stereocenters. The van der Waals surface area contributed by atoms with Gasteiger partial charge in [-0.05, 0) is 113 Å². The van der Waals surface area contributed by atoms with Gasteiger partial charge in [0.25, 0.3) is 0 Å². The normalized spacial score (nSPS) is 12.5. The molecule has 0 bridgehead atoms. The summed E-state index contributed by atoms with van der Waals surface area (Å²) in [6, 6.07) is 62.7. The van der Waals surface area contributed by atoms with Crippen LogP contribution in [0.15, 0.2) is 170 Å². The van der Waals surface area contributed by atoms with Crippen LogP contribution < -0.4 is 0 Å². The highest BCUT2D eigenvalue weighted by atomic mass is 15.0. The van der Waals surface area contributed by atoms with Crippen LogP contribution in [0, 0.1) is 0 Å². The van der Waals surface area contributed by atoms with Crippen LogP contribution in [0.2, 0.25) is 0 Å². The van der Waals surface area contributed by atoms with Crippen LogP contribution in [-0.4, -0.2) is 14.1 Å². The first kappa shape index (κ1) is 27.9. The summed E-state index contributed by atoms with van der Waals surface area (Å²) in [5.74, 6) is 0. The number of hydrogen-bond donors (Lipinski definition) is 1. The molecular formula is C49H31N3. The van der Waals surface area contributed by atoms with E-state index >= 15 is 0 Å². The fourth-order valence-corrected chi connectivity index (χ4v) is 9.08. The molecule has 3 nitrogen and oxygen atoms in total. The van der Waals surface area contributed by atoms with Crippen LogP contribution in [0.5, 0.6) is 0 Å². The third-order valence-electron chi connectivity index (χ3n) is 11.5. The maximum Gasteiger partial charge on any atom is 0.0541 e. The fourth-order valence-electron chi connectivity index (χ4n) is 9.08. The molecule has 52 heavy (non-hydrogen) atoms. The highest BCUT2D eigenvalue weighted by Gasteiger charge is 2.22. The lowest BCUT2D eigenvalue weighted by Crippen LogP contribution is -1.94. The van der Waals surface area contributed by atoms with E-state index in [1.54, 1.807) is 0 Å². The van der Waals surface area contributed by atoms with E-state index in [4.69, 9.17) is 0 Å². The number of aromatic nitrogens is 3. The molecule has 1 aliphatic carbocycles. The van der Waals surface area contributed by atoms with Crippen LogP contribution in [-0.2, 0) is 6.42 Å². The molecule has 3 heterocycles. The van der Waals surface area contributed by atoms with Gasteiger partial charge in [0.15, 0.2) is 0 Å². The summed E-state index contributed by atoms with van der Waals surface area (Å²) < 4.78 is 4.82. The molecular weight excluding hydrogens is 631 g/mol. The zero-order valence-electron chi connectivity index (χ0n) is 28.3. The number of para-hydroxylation sites is 4. The van der Waals surface area contributed by atoms with E-state index < -0.39 is 0 Å². The van der Waals surface area contributed by atoms with E-state index in [2.05, 4.69) is 184 Å². The minimum absolute atomic E-state index is 0.964. The van der Waals surface area contributed by atoms with Gasteiger partial charge in [0.05, 0.1) is 22.1 Å². The average molecular weight is 662 g/mol. The molecule has 0 unspecified atom stereocenters. The number of rotatable bonds is 3. The van der Waals surface area contributed by atoms with Crippen LogP contribution in [0.4, 0.5) is 0 Å². The number of nitrogens with one attached hydrogen (secondary N) is 1. The first-order chi connectivity index (χ1) is 25.8. The summed E-state index contributed by atoms with van der Waals surface area (Å²) in [6.07, 6.45) is 0.964. The van der Waals surface area contributed by atoms with Gasteiger partial charge < -0.3 is 14.1 Å². The van der Waals surface area contributed by atoms with Gasteiger partial charge >= 0.3 is 0 Å². The second-order valence-electron chi connectivity index (χ2n) is 14.2. The minimum Gasteiger partial charge on any atom is -0.355 e. The molecule has 1 aliphatic rings. The molecule has 8 aromatic carbocycles. The summed E-state index contributed by atoms with van der Waals surface area (Å²) >= 11 is 0. The Labute approximate surface area is 299 Å². The molecule has 0 radical (unpaired) electrons. The van der Waals surface area contributed by atoms with E-state index in [1.165, 1.54) is 99.1 Å². The maximum absolute atomic E-state index is 3.69. The number of hydrogen-bond acceptors (Lipinski definition) is 0. The Morgan fingerprint density at radius 3 is 1.37 bits per heavy atom. The highest BCUT2D eigenvalue weighted by molar-refractivity contribution is 6.12. The fraction of sp³-hybridized carbons (Fsp3) is 0.0204. The van der Waals surface area contributed by atoms with Gasteiger partial charge in [0.1, 0.15) is 0 Å². The van der Waals surface area contributed by atoms with Gasteiger partial charge in [-0.1, -0.05) is 97.1 Å². The minimum atomic E-state index is 0.964. The van der Waals surface area contributed by atoms with E-state index in [0.717, 1.165) is 17.5 Å². The van der Waals surface area contributed by atoms with E-state index in [0.29, 0.717) is 0 Å². The van der Waals surface area contributed by atoms with Gasteiger partial charge in [-0.25, -0.2) is 0 Å². The van der Waals surface area contributed by atoms with Crippen molar-refractivity contribution in [2.75, 3.05) is 0 Å². The molecule has 11 aromatic rings. The Bertz CT molecular complexity index is 3170. The summed E-state index contributed by atoms with van der Waals surface area (Å²) in [5.41, 5.74) is 17.5. The number of fused-ring (bicyclic) bond motifs is 12. The van der Waals surface area contributed by atoms with Gasteiger partial charge in [-0.2, -0.15) is 0 Å². The van der Waals surface area contributed by atoms with Crippen molar-refractivity contribution in [2.24, 2.45) is 0 Å². The van der Waals surface area contributed by atoms with E-state index in [-0.39, 0.29) is 0 Å². The Morgan fingerprint density at radius 1 is 0.346 bits per heavy atom. The Morgan fingerprint density at radius 2 is 0.769 bits per heavy atom. The van der Waals surface area contributed by atoms with Crippen molar-refractivity contribution in [3.05, 3.63) is 181 Å². The number of aromatic amines is 1. The monoisotopic (exact) mass is 661 g/mol. The number of nitrogens with zero attached hydrogens (tertiary/aromatic N) is 2. The number of H-pyrrole nitrogens is 1. The lowest BCUT2D eigenvalue weighted by molar-refractivity contribution is 1.17. The van der Waals surface area contributed by atoms with Crippen LogP contribution in [0.25, 0.3) is 99.0 Å². The summed E-state index contributed by atoms with van der Waals surface area (Å²) in [6.45, 7) is 0. The van der Waals surface area contributed by atoms with Crippen LogP contribution >= 0.6 is 0 Å². The van der Waals surface area contributed by atoms with E-state index in [9.17, 15) is 0 Å². The quantitative estimate of drug-likeness (QED) is 0.195. The molecule has 0 fully saturated rings. The number of benzene rings is 8. The first-order valence-electron chi connectivity index (χ1n) is 18.1. The molecule has 0 amide bonds. The van der Waals surface area contributed by atoms with Crippen LogP contribution in [0.3, 0.4) is 0 Å². The molecule has 0 saturated carbocycles. The summed E-state index contributed by atoms with van der Waals surface area (Å²) in [5, 5.41) is 7.61. The van der Waals surface area contributed by atoms with Crippen molar-refractivity contribution in [2.45, 2.75) is 6.42 Å². The smallest absolute Gasteiger partial charge is 0.0541 e. The largest absolute Gasteiger partial charge is 0.355 e. The molecule has 0 spiro atoms. The SMILES string of the molecule is c1ccc2c(c1)c1ccccc1n2-c1ccc2c(c1)-c1cc(-c3ccc4[nH]c5ccc(-n6c7ccccc7c7ccccc76)cc5c4c3)ccc1C2. The zero-order chi connectivity index (χ0) is 33.9. The summed E-state index contributed by atoms with van der Waals surface area (Å²) in [4.78, 5) is 3.69. The second-order valence-corrected chi connectivity index (χ2v) is 14.2. The van der Waals surface area contributed by atoms with Crippen molar-refractivity contribution < 1.29 is 0 Å². The third kappa shape index (κ3) is 3.85. The molecule has 0 saturated heterocycles. The summed E-state index contributed by atoms with van der Waals surface area (Å²) in [7, 11) is 0. The first-order valence-corrected chi connectivity index (χ1v) is 18.1. The van der Waals surface area contributed by atoms with Crippen molar-refractivity contribution >= 4 is 65.4 Å². The second kappa shape index (κ2) is 10.3. The third-order valence-corrected chi connectivity index (χ3v) is 11.5. The highest BCUT2D eigenvalue weighted by Crippen LogP contribution is 2.42. The van der Waals surface area contributed by atoms with Gasteiger partial charge in [0.2, 0.25) is 0 Å². The predicted octanol–water partition coefficient (Wildman–Crippen LogP) is 12.8. The predicted molar refractivity (Wildman–Crippen MR) is 218 cm³/mol. The van der Waals surface area contributed by atoms with Crippen molar-refractivity contribution in [1.82, 2.24) is 14.1 Å². The zero-order valence-corrected chi connectivity index (χ0v) is 28.3. The van der Waals surface area contributed by atoms with Crippen molar-refractivity contribution in [3.63, 3.8) is 0 Å². The Balaban J connectivity index is 0.987. The van der Waals surface area contributed by atoms with Crippen LogP contribution in [0.1, 0.15) is 11.1 Å². The topological polar surface area (TPSA) is 25.6 Å². The standard InChI is InChI=1S/C49H31N3/c1-5-13-46-36(9-1)37-10-2-6-14-47(37)51(46)34-21-19-33-25-32-18-17-30(26-40(32)41(33)28-34)31-20-23-44-42(27-31)43-29-35(22-24-45(43)50-44)52-48-15-7-3-11-38(48)39-12-4-8-16-49(39)52/h1-24,26-29,50H,25H2. The maximum atomic E-state index is 3.69. The van der Waals surface area contributed by atoms with Gasteiger partial charge in [-0.3, -0.25) is 0 Å². The molecule has 1 N–H and O–H groups in total. The lowest BCUT2D eigenvalue weighted by Gasteiger charge is -2.11. The van der Waals surface area contributed by atoms with E-state index in [1.807, 2.05) is 0 Å². The van der Waals surface area contributed by atoms with Gasteiger partial charge in [-0.15, -0.1) is 0 Å². The van der Waals surface area contributed by atoms with Gasteiger partial charge in [0, 0.05) is 54.7 Å².